The third-order valence-electron chi connectivity index (χ3n) is 3.55. The molecule has 0 aliphatic heterocycles. The van der Waals surface area contributed by atoms with E-state index >= 15 is 0 Å². The molecule has 1 aliphatic carbocycles. The zero-order valence-electron chi connectivity index (χ0n) is 12.5. The zero-order valence-corrected chi connectivity index (χ0v) is 13.3. The normalized spacial score (nSPS) is 15.5. The Bertz CT molecular complexity index is 731. The molecule has 1 aromatic heterocycles. The summed E-state index contributed by atoms with van der Waals surface area (Å²) in [5.41, 5.74) is 1.71. The predicted molar refractivity (Wildman–Crippen MR) is 86.2 cm³/mol. The van der Waals surface area contributed by atoms with Crippen LogP contribution in [0.5, 0.6) is 0 Å². The first-order valence-electron chi connectivity index (χ1n) is 7.25. The summed E-state index contributed by atoms with van der Waals surface area (Å²) in [6, 6.07) is 7.89. The molecule has 1 atom stereocenters. The molecule has 1 fully saturated rings. The van der Waals surface area contributed by atoms with Crippen LogP contribution < -0.4 is 11.0 Å². The van der Waals surface area contributed by atoms with Crippen LogP contribution >= 0.6 is 11.8 Å². The second kappa shape index (κ2) is 6.00. The van der Waals surface area contributed by atoms with Crippen LogP contribution in [0.4, 0.5) is 5.69 Å². The molecule has 1 heterocycles. The highest BCUT2D eigenvalue weighted by molar-refractivity contribution is 8.00. The zero-order chi connectivity index (χ0) is 15.7. The van der Waals surface area contributed by atoms with E-state index in [1.165, 1.54) is 11.8 Å². The molecule has 7 heteroatoms. The molecule has 0 spiro atoms. The number of thioether (sulfide) groups is 1. The monoisotopic (exact) mass is 318 g/mol. The topological polar surface area (TPSA) is 79.8 Å². The van der Waals surface area contributed by atoms with Gasteiger partial charge < -0.3 is 5.32 Å². The van der Waals surface area contributed by atoms with Crippen molar-refractivity contribution in [3.8, 4) is 0 Å². The van der Waals surface area contributed by atoms with Gasteiger partial charge in [0.2, 0.25) is 5.91 Å². The molecule has 0 bridgehead atoms. The van der Waals surface area contributed by atoms with Crippen LogP contribution in [-0.2, 0) is 4.79 Å². The van der Waals surface area contributed by atoms with Gasteiger partial charge in [0.05, 0.1) is 5.25 Å². The molecule has 0 radical (unpaired) electrons. The fourth-order valence-electron chi connectivity index (χ4n) is 2.12. The molecule has 6 nitrogen and oxygen atoms in total. The van der Waals surface area contributed by atoms with E-state index in [0.717, 1.165) is 24.1 Å². The Morgan fingerprint density at radius 3 is 2.73 bits per heavy atom. The lowest BCUT2D eigenvalue weighted by molar-refractivity contribution is -0.115. The summed E-state index contributed by atoms with van der Waals surface area (Å²) in [5, 5.41) is 9.61. The summed E-state index contributed by atoms with van der Waals surface area (Å²) in [4.78, 5) is 24.0. The number of rotatable bonds is 5. The number of anilines is 1. The summed E-state index contributed by atoms with van der Waals surface area (Å²) >= 11 is 1.30. The number of hydrogen-bond donors (Lipinski definition) is 2. The summed E-state index contributed by atoms with van der Waals surface area (Å²) in [7, 11) is 0. The SMILES string of the molecule is Cc1ccc(NC(=O)[C@@H](C)Sc2n[nH]c(=O)n2C2CC2)cc1. The lowest BCUT2D eigenvalue weighted by atomic mass is 10.2. The molecule has 2 N–H and O–H groups in total. The Balaban J connectivity index is 1.66. The third-order valence-corrected chi connectivity index (χ3v) is 4.62. The van der Waals surface area contributed by atoms with Crippen LogP contribution in [0, 0.1) is 6.92 Å². The molecule has 2 aromatic rings. The van der Waals surface area contributed by atoms with Gasteiger partial charge in [-0.15, -0.1) is 5.10 Å². The van der Waals surface area contributed by atoms with Gasteiger partial charge in [0.15, 0.2) is 5.16 Å². The van der Waals surface area contributed by atoms with Crippen molar-refractivity contribution in [2.45, 2.75) is 43.1 Å². The highest BCUT2D eigenvalue weighted by atomic mass is 32.2. The van der Waals surface area contributed by atoms with E-state index in [2.05, 4.69) is 15.5 Å². The standard InChI is InChI=1S/C15H18N4O2S/c1-9-3-5-11(6-4-9)16-13(20)10(2)22-15-18-17-14(21)19(15)12-7-8-12/h3-6,10,12H,7-8H2,1-2H3,(H,16,20)(H,17,21)/t10-/m1/s1. The molecule has 0 saturated heterocycles. The minimum Gasteiger partial charge on any atom is -0.325 e. The molecule has 22 heavy (non-hydrogen) atoms. The number of aromatic nitrogens is 3. The summed E-state index contributed by atoms with van der Waals surface area (Å²) in [6.07, 6.45) is 1.99. The number of nitrogens with one attached hydrogen (secondary N) is 2. The second-order valence-corrected chi connectivity index (χ2v) is 6.84. The van der Waals surface area contributed by atoms with Gasteiger partial charge in [-0.25, -0.2) is 9.89 Å². The number of aryl methyl sites for hydroxylation is 1. The van der Waals surface area contributed by atoms with Gasteiger partial charge in [-0.3, -0.25) is 9.36 Å². The maximum Gasteiger partial charge on any atom is 0.344 e. The van der Waals surface area contributed by atoms with Gasteiger partial charge in [-0.1, -0.05) is 29.5 Å². The highest BCUT2D eigenvalue weighted by Gasteiger charge is 2.30. The Hall–Kier alpha value is -2.02. The molecule has 1 aliphatic rings. The quantitative estimate of drug-likeness (QED) is 0.829. The Kier molecular flexibility index (Phi) is 4.06. The van der Waals surface area contributed by atoms with E-state index in [1.54, 1.807) is 4.57 Å². The fourth-order valence-corrected chi connectivity index (χ4v) is 3.05. The van der Waals surface area contributed by atoms with Crippen molar-refractivity contribution in [2.75, 3.05) is 5.32 Å². The smallest absolute Gasteiger partial charge is 0.325 e. The second-order valence-electron chi connectivity index (χ2n) is 5.53. The molecule has 3 rings (SSSR count). The largest absolute Gasteiger partial charge is 0.344 e. The van der Waals surface area contributed by atoms with Gasteiger partial charge in [0, 0.05) is 11.7 Å². The van der Waals surface area contributed by atoms with Gasteiger partial charge in [-0.05, 0) is 38.8 Å². The van der Waals surface area contributed by atoms with Crippen LogP contribution in [0.2, 0.25) is 0 Å². The van der Waals surface area contributed by atoms with Crippen molar-refractivity contribution in [3.05, 3.63) is 40.3 Å². The predicted octanol–water partition coefficient (Wildman–Crippen LogP) is 2.33. The number of carbonyl (C=O) groups is 1. The first-order valence-corrected chi connectivity index (χ1v) is 8.13. The van der Waals surface area contributed by atoms with Crippen molar-refractivity contribution in [2.24, 2.45) is 0 Å². The molecule has 1 amide bonds. The average molecular weight is 318 g/mol. The highest BCUT2D eigenvalue weighted by Crippen LogP contribution is 2.36. The first kappa shape index (κ1) is 14.9. The fraction of sp³-hybridized carbons (Fsp3) is 0.400. The maximum atomic E-state index is 12.2. The Morgan fingerprint density at radius 2 is 2.09 bits per heavy atom. The molecule has 1 aromatic carbocycles. The number of H-pyrrole nitrogens is 1. The summed E-state index contributed by atoms with van der Waals surface area (Å²) in [6.45, 7) is 3.81. The summed E-state index contributed by atoms with van der Waals surface area (Å²) < 4.78 is 1.65. The van der Waals surface area contributed by atoms with Crippen LogP contribution in [-0.4, -0.2) is 25.9 Å². The van der Waals surface area contributed by atoms with E-state index < -0.39 is 0 Å². The van der Waals surface area contributed by atoms with Crippen molar-refractivity contribution in [3.63, 3.8) is 0 Å². The van der Waals surface area contributed by atoms with E-state index in [1.807, 2.05) is 38.1 Å². The molecular weight excluding hydrogens is 300 g/mol. The van der Waals surface area contributed by atoms with E-state index in [4.69, 9.17) is 0 Å². The van der Waals surface area contributed by atoms with Crippen LogP contribution in [0.25, 0.3) is 0 Å². The minimum atomic E-state index is -0.339. The lowest BCUT2D eigenvalue weighted by Crippen LogP contribution is -2.23. The van der Waals surface area contributed by atoms with E-state index in [-0.39, 0.29) is 22.9 Å². The molecule has 0 unspecified atom stereocenters. The number of hydrogen-bond acceptors (Lipinski definition) is 4. The van der Waals surface area contributed by atoms with Crippen LogP contribution in [0.3, 0.4) is 0 Å². The Labute approximate surface area is 132 Å². The average Bonchev–Trinajstić information content (AvgIpc) is 3.26. The van der Waals surface area contributed by atoms with E-state index in [9.17, 15) is 9.59 Å². The molecule has 1 saturated carbocycles. The number of carbonyl (C=O) groups excluding carboxylic acids is 1. The van der Waals surface area contributed by atoms with Crippen molar-refractivity contribution < 1.29 is 4.79 Å². The Morgan fingerprint density at radius 1 is 1.41 bits per heavy atom. The van der Waals surface area contributed by atoms with Gasteiger partial charge in [0.1, 0.15) is 0 Å². The van der Waals surface area contributed by atoms with Gasteiger partial charge in [-0.2, -0.15) is 0 Å². The molecule has 116 valence electrons. The van der Waals surface area contributed by atoms with Crippen molar-refractivity contribution >= 4 is 23.4 Å². The van der Waals surface area contributed by atoms with Crippen molar-refractivity contribution in [1.29, 1.82) is 0 Å². The summed E-state index contributed by atoms with van der Waals surface area (Å²) in [5.74, 6) is -0.105. The maximum absolute atomic E-state index is 12.2. The van der Waals surface area contributed by atoms with Crippen LogP contribution in [0.15, 0.2) is 34.2 Å². The van der Waals surface area contributed by atoms with Crippen molar-refractivity contribution in [1.82, 2.24) is 14.8 Å². The number of benzene rings is 1. The van der Waals surface area contributed by atoms with E-state index in [0.29, 0.717) is 5.16 Å². The van der Waals surface area contributed by atoms with Gasteiger partial charge >= 0.3 is 5.69 Å². The number of aromatic amines is 1. The molecular formula is C15H18N4O2S. The number of amides is 1. The lowest BCUT2D eigenvalue weighted by Gasteiger charge is -2.12. The first-order chi connectivity index (χ1) is 10.5. The van der Waals surface area contributed by atoms with Gasteiger partial charge in [0.25, 0.3) is 0 Å². The third kappa shape index (κ3) is 3.24. The van der Waals surface area contributed by atoms with Crippen LogP contribution in [0.1, 0.15) is 31.4 Å². The minimum absolute atomic E-state index is 0.105. The number of nitrogens with zero attached hydrogens (tertiary/aromatic N) is 2.